The number of likely N-dealkylation sites (tertiary alicyclic amines) is 2. The molecule has 138 valence electrons. The SMILES string of the molecule is C=C(C)CN1CCC(NC(=O)N2CCC(O)(c3nc(C)no3)C2)CC1. The fraction of sp³-hybridized carbons (Fsp3) is 0.706. The van der Waals surface area contributed by atoms with Crippen LogP contribution in [-0.2, 0) is 5.60 Å². The number of hydrogen-bond acceptors (Lipinski definition) is 6. The van der Waals surface area contributed by atoms with E-state index in [9.17, 15) is 9.90 Å². The second-order valence-corrected chi connectivity index (χ2v) is 7.31. The molecule has 25 heavy (non-hydrogen) atoms. The molecule has 3 rings (SSSR count). The van der Waals surface area contributed by atoms with E-state index in [1.807, 2.05) is 6.92 Å². The van der Waals surface area contributed by atoms with Crippen molar-refractivity contribution in [3.05, 3.63) is 23.9 Å². The predicted octanol–water partition coefficient (Wildman–Crippen LogP) is 1.02. The van der Waals surface area contributed by atoms with Crippen LogP contribution >= 0.6 is 0 Å². The van der Waals surface area contributed by atoms with Gasteiger partial charge in [0.2, 0.25) is 0 Å². The van der Waals surface area contributed by atoms with Gasteiger partial charge in [0.15, 0.2) is 11.4 Å². The molecule has 3 heterocycles. The van der Waals surface area contributed by atoms with E-state index in [4.69, 9.17) is 4.52 Å². The minimum atomic E-state index is -1.25. The smallest absolute Gasteiger partial charge is 0.317 e. The number of β-amino-alcohol motifs (C(OH)–C–C–N with tert-alkyl or cyclic N) is 1. The fourth-order valence-electron chi connectivity index (χ4n) is 3.51. The summed E-state index contributed by atoms with van der Waals surface area (Å²) in [6.45, 7) is 11.2. The molecule has 0 aliphatic carbocycles. The lowest BCUT2D eigenvalue weighted by Gasteiger charge is -2.33. The molecular weight excluding hydrogens is 322 g/mol. The molecular formula is C17H27N5O3. The molecule has 2 aliphatic rings. The zero-order valence-corrected chi connectivity index (χ0v) is 15.0. The highest BCUT2D eigenvalue weighted by atomic mass is 16.5. The Morgan fingerprint density at radius 2 is 2.16 bits per heavy atom. The van der Waals surface area contributed by atoms with Crippen LogP contribution in [0.3, 0.4) is 0 Å². The number of nitrogens with zero attached hydrogens (tertiary/aromatic N) is 4. The minimum Gasteiger partial charge on any atom is -0.378 e. The zero-order valence-electron chi connectivity index (χ0n) is 15.0. The van der Waals surface area contributed by atoms with Crippen molar-refractivity contribution < 1.29 is 14.4 Å². The van der Waals surface area contributed by atoms with Crippen LogP contribution in [0.2, 0.25) is 0 Å². The monoisotopic (exact) mass is 349 g/mol. The molecule has 0 bridgehead atoms. The molecule has 8 heteroatoms. The number of piperidine rings is 1. The Morgan fingerprint density at radius 1 is 1.44 bits per heavy atom. The van der Waals surface area contributed by atoms with Gasteiger partial charge in [-0.05, 0) is 26.7 Å². The number of amides is 2. The van der Waals surface area contributed by atoms with Crippen molar-refractivity contribution in [2.45, 2.75) is 44.8 Å². The molecule has 0 aromatic carbocycles. The molecule has 2 saturated heterocycles. The van der Waals surface area contributed by atoms with Crippen LogP contribution in [0.4, 0.5) is 4.79 Å². The Labute approximate surface area is 147 Å². The van der Waals surface area contributed by atoms with Crippen LogP contribution in [0.5, 0.6) is 0 Å². The van der Waals surface area contributed by atoms with Crippen molar-refractivity contribution in [3.63, 3.8) is 0 Å². The number of aryl methyl sites for hydroxylation is 1. The highest BCUT2D eigenvalue weighted by molar-refractivity contribution is 5.75. The Kier molecular flexibility index (Phi) is 5.10. The summed E-state index contributed by atoms with van der Waals surface area (Å²) in [5, 5.41) is 17.5. The Bertz CT molecular complexity index is 638. The summed E-state index contributed by atoms with van der Waals surface area (Å²) < 4.78 is 5.09. The molecule has 2 N–H and O–H groups in total. The van der Waals surface area contributed by atoms with E-state index >= 15 is 0 Å². The average Bonchev–Trinajstić information content (AvgIpc) is 3.16. The Hall–Kier alpha value is -1.93. The predicted molar refractivity (Wildman–Crippen MR) is 91.9 cm³/mol. The van der Waals surface area contributed by atoms with Crippen molar-refractivity contribution >= 4 is 6.03 Å². The van der Waals surface area contributed by atoms with Crippen LogP contribution in [0.1, 0.15) is 37.9 Å². The first-order valence-electron chi connectivity index (χ1n) is 8.81. The van der Waals surface area contributed by atoms with E-state index in [2.05, 4.69) is 26.9 Å². The third-order valence-electron chi connectivity index (χ3n) is 4.87. The number of nitrogens with one attached hydrogen (secondary N) is 1. The summed E-state index contributed by atoms with van der Waals surface area (Å²) in [6, 6.07) is 0.0405. The molecule has 2 fully saturated rings. The average molecular weight is 349 g/mol. The standard InChI is InChI=1S/C17H27N5O3/c1-12(2)10-21-7-4-14(5-8-21)19-16(23)22-9-6-17(24,11-22)15-18-13(3)20-25-15/h14,24H,1,4-11H2,2-3H3,(H,19,23). The number of aromatic nitrogens is 2. The second kappa shape index (κ2) is 7.13. The molecule has 1 aromatic heterocycles. The number of hydrogen-bond donors (Lipinski definition) is 2. The zero-order chi connectivity index (χ0) is 18.0. The van der Waals surface area contributed by atoms with Crippen molar-refractivity contribution in [1.29, 1.82) is 0 Å². The first-order chi connectivity index (χ1) is 11.9. The molecule has 0 radical (unpaired) electrons. The summed E-state index contributed by atoms with van der Waals surface area (Å²) in [6.07, 6.45) is 2.26. The first kappa shape index (κ1) is 17.9. The fourth-order valence-corrected chi connectivity index (χ4v) is 3.51. The maximum Gasteiger partial charge on any atom is 0.317 e. The van der Waals surface area contributed by atoms with E-state index < -0.39 is 5.60 Å². The van der Waals surface area contributed by atoms with E-state index in [1.165, 1.54) is 0 Å². The second-order valence-electron chi connectivity index (χ2n) is 7.31. The molecule has 8 nitrogen and oxygen atoms in total. The van der Waals surface area contributed by atoms with Gasteiger partial charge in [0.25, 0.3) is 5.89 Å². The molecule has 0 saturated carbocycles. The van der Waals surface area contributed by atoms with Crippen LogP contribution in [0, 0.1) is 6.92 Å². The van der Waals surface area contributed by atoms with Gasteiger partial charge in [0, 0.05) is 38.6 Å². The van der Waals surface area contributed by atoms with Gasteiger partial charge in [-0.2, -0.15) is 4.98 Å². The van der Waals surface area contributed by atoms with Gasteiger partial charge in [-0.1, -0.05) is 17.3 Å². The summed E-state index contributed by atoms with van der Waals surface area (Å²) in [5.74, 6) is 0.668. The van der Waals surface area contributed by atoms with E-state index in [0.717, 1.165) is 38.0 Å². The number of carbonyl (C=O) groups is 1. The van der Waals surface area contributed by atoms with E-state index in [-0.39, 0.29) is 24.5 Å². The van der Waals surface area contributed by atoms with Crippen LogP contribution in [0.15, 0.2) is 16.7 Å². The third-order valence-corrected chi connectivity index (χ3v) is 4.87. The van der Waals surface area contributed by atoms with Crippen molar-refractivity contribution in [2.75, 3.05) is 32.7 Å². The maximum absolute atomic E-state index is 12.5. The lowest BCUT2D eigenvalue weighted by Crippen LogP contribution is -2.49. The summed E-state index contributed by atoms with van der Waals surface area (Å²) >= 11 is 0. The molecule has 1 atom stereocenters. The normalized spacial score (nSPS) is 25.3. The topological polar surface area (TPSA) is 94.7 Å². The van der Waals surface area contributed by atoms with Gasteiger partial charge >= 0.3 is 6.03 Å². The van der Waals surface area contributed by atoms with Crippen molar-refractivity contribution in [2.24, 2.45) is 0 Å². The van der Waals surface area contributed by atoms with Gasteiger partial charge < -0.3 is 19.8 Å². The van der Waals surface area contributed by atoms with Gasteiger partial charge in [-0.25, -0.2) is 4.79 Å². The summed E-state index contributed by atoms with van der Waals surface area (Å²) in [4.78, 5) is 20.6. The molecule has 1 aromatic rings. The minimum absolute atomic E-state index is 0.134. The van der Waals surface area contributed by atoms with Crippen molar-refractivity contribution in [1.82, 2.24) is 25.3 Å². The van der Waals surface area contributed by atoms with Crippen molar-refractivity contribution in [3.8, 4) is 0 Å². The highest BCUT2D eigenvalue weighted by Crippen LogP contribution is 2.30. The lowest BCUT2D eigenvalue weighted by atomic mass is 10.0. The third kappa shape index (κ3) is 4.19. The van der Waals surface area contributed by atoms with Crippen LogP contribution in [0.25, 0.3) is 0 Å². The van der Waals surface area contributed by atoms with Gasteiger partial charge in [0.05, 0.1) is 6.54 Å². The number of urea groups is 1. The molecule has 2 aliphatic heterocycles. The largest absolute Gasteiger partial charge is 0.378 e. The van der Waals surface area contributed by atoms with Gasteiger partial charge in [-0.15, -0.1) is 0 Å². The van der Waals surface area contributed by atoms with E-state index in [0.29, 0.717) is 18.8 Å². The van der Waals surface area contributed by atoms with Gasteiger partial charge in [0.1, 0.15) is 0 Å². The molecule has 2 amide bonds. The quantitative estimate of drug-likeness (QED) is 0.788. The van der Waals surface area contributed by atoms with E-state index in [1.54, 1.807) is 11.8 Å². The van der Waals surface area contributed by atoms with Crippen LogP contribution < -0.4 is 5.32 Å². The molecule has 0 spiro atoms. The number of rotatable bonds is 4. The summed E-state index contributed by atoms with van der Waals surface area (Å²) in [7, 11) is 0. The number of carbonyl (C=O) groups excluding carboxylic acids is 1. The first-order valence-corrected chi connectivity index (χ1v) is 8.81. The highest BCUT2D eigenvalue weighted by Gasteiger charge is 2.44. The maximum atomic E-state index is 12.5. The Morgan fingerprint density at radius 3 is 2.76 bits per heavy atom. The number of aliphatic hydroxyl groups is 1. The van der Waals surface area contributed by atoms with Crippen LogP contribution in [-0.4, -0.2) is 69.8 Å². The lowest BCUT2D eigenvalue weighted by molar-refractivity contribution is 0.0165. The molecule has 1 unspecified atom stereocenters. The van der Waals surface area contributed by atoms with Gasteiger partial charge in [-0.3, -0.25) is 4.90 Å². The Balaban J connectivity index is 1.49. The summed E-state index contributed by atoms with van der Waals surface area (Å²) in [5.41, 5.74) is -0.0844.